The molecule has 0 saturated carbocycles. The predicted molar refractivity (Wildman–Crippen MR) is 85.0 cm³/mol. The number of amides is 1. The Morgan fingerprint density at radius 1 is 1.43 bits per heavy atom. The molecule has 0 bridgehead atoms. The van der Waals surface area contributed by atoms with Gasteiger partial charge in [-0.3, -0.25) is 4.79 Å². The first kappa shape index (κ1) is 16.4. The zero-order valence-corrected chi connectivity index (χ0v) is 14.1. The average molecular weight is 338 g/mol. The fourth-order valence-electron chi connectivity index (χ4n) is 3.69. The van der Waals surface area contributed by atoms with Crippen molar-refractivity contribution in [2.75, 3.05) is 13.1 Å². The van der Waals surface area contributed by atoms with Crippen molar-refractivity contribution in [1.82, 2.24) is 9.62 Å². The highest BCUT2D eigenvalue weighted by molar-refractivity contribution is 7.90. The van der Waals surface area contributed by atoms with E-state index in [1.54, 1.807) is 0 Å². The van der Waals surface area contributed by atoms with Crippen LogP contribution < -0.4 is 5.32 Å². The van der Waals surface area contributed by atoms with E-state index in [1.807, 2.05) is 6.92 Å². The number of terminal acetylenes is 1. The lowest BCUT2D eigenvalue weighted by Crippen LogP contribution is -2.41. The molecule has 3 rings (SSSR count). The first-order valence-corrected chi connectivity index (χ1v) is 9.50. The van der Waals surface area contributed by atoms with Crippen LogP contribution in [0.2, 0.25) is 0 Å². The summed E-state index contributed by atoms with van der Waals surface area (Å²) in [6.07, 6.45) is 9.12. The van der Waals surface area contributed by atoms with Crippen LogP contribution in [-0.4, -0.2) is 48.2 Å². The summed E-state index contributed by atoms with van der Waals surface area (Å²) in [5, 5.41) is 9.78. The van der Waals surface area contributed by atoms with Crippen molar-refractivity contribution >= 4 is 15.9 Å². The number of fused-ring (bicyclic) bond motifs is 1. The molecule has 7 nitrogen and oxygen atoms in total. The van der Waals surface area contributed by atoms with E-state index < -0.39 is 32.4 Å². The quantitative estimate of drug-likeness (QED) is 0.733. The van der Waals surface area contributed by atoms with E-state index in [1.165, 1.54) is 4.31 Å². The van der Waals surface area contributed by atoms with Gasteiger partial charge in [0.2, 0.25) is 15.9 Å². The van der Waals surface area contributed by atoms with Crippen LogP contribution in [0.5, 0.6) is 0 Å². The highest BCUT2D eigenvalue weighted by Crippen LogP contribution is 2.44. The zero-order valence-electron chi connectivity index (χ0n) is 13.3. The number of rotatable bonds is 6. The Balaban J connectivity index is 1.54. The van der Waals surface area contributed by atoms with E-state index >= 15 is 0 Å². The van der Waals surface area contributed by atoms with Crippen LogP contribution in [0.15, 0.2) is 10.2 Å². The number of nitrogens with one attached hydrogen (secondary N) is 1. The molecule has 0 aromatic carbocycles. The van der Waals surface area contributed by atoms with Gasteiger partial charge in [-0.25, -0.2) is 8.42 Å². The molecule has 1 N–H and O–H groups in total. The third-order valence-corrected chi connectivity index (χ3v) is 7.48. The van der Waals surface area contributed by atoms with Gasteiger partial charge in [-0.1, -0.05) is 0 Å². The molecule has 0 spiro atoms. The van der Waals surface area contributed by atoms with Crippen LogP contribution in [-0.2, 0) is 14.8 Å². The van der Waals surface area contributed by atoms with Crippen LogP contribution in [0.3, 0.4) is 0 Å². The number of carbonyl (C=O) groups is 1. The maximum atomic E-state index is 12.5. The van der Waals surface area contributed by atoms with Crippen LogP contribution in [0.1, 0.15) is 45.4 Å². The van der Waals surface area contributed by atoms with E-state index in [4.69, 9.17) is 6.42 Å². The van der Waals surface area contributed by atoms with Gasteiger partial charge in [0.05, 0.1) is 0 Å². The predicted octanol–water partition coefficient (Wildman–Crippen LogP) is 1.02. The molecule has 0 aliphatic carbocycles. The van der Waals surface area contributed by atoms with E-state index in [0.29, 0.717) is 38.8 Å². The summed E-state index contributed by atoms with van der Waals surface area (Å²) in [6.45, 7) is 2.82. The molecule has 2 fully saturated rings. The first-order valence-electron chi connectivity index (χ1n) is 8.00. The maximum absolute atomic E-state index is 12.5. The number of hydrogen-bond acceptors (Lipinski definition) is 5. The molecule has 3 aliphatic heterocycles. The summed E-state index contributed by atoms with van der Waals surface area (Å²) in [7, 11) is -3.54. The second-order valence-corrected chi connectivity index (χ2v) is 8.88. The Labute approximate surface area is 137 Å². The van der Waals surface area contributed by atoms with Gasteiger partial charge in [0.1, 0.15) is 0 Å². The molecule has 0 aromatic heterocycles. The van der Waals surface area contributed by atoms with Crippen LogP contribution in [0.25, 0.3) is 0 Å². The SMILES string of the molecule is C#CCCC1(CCNC(=O)C2CC3(C)CCCN3S2(=O)=O)N=N1. The van der Waals surface area contributed by atoms with E-state index in [2.05, 4.69) is 21.5 Å². The fourth-order valence-corrected chi connectivity index (χ4v) is 6.08. The summed E-state index contributed by atoms with van der Waals surface area (Å²) in [5.74, 6) is 2.14. The van der Waals surface area contributed by atoms with Crippen molar-refractivity contribution in [1.29, 1.82) is 0 Å². The van der Waals surface area contributed by atoms with Gasteiger partial charge >= 0.3 is 0 Å². The standard InChI is InChI=1S/C15H22N4O3S/c1-3-4-7-15(17-18-15)8-9-16-13(20)12-11-14(2)6-5-10-19(14)23(12,21)22/h1,12H,4-11H2,2H3,(H,16,20). The Bertz CT molecular complexity index is 675. The molecule has 3 aliphatic rings. The van der Waals surface area contributed by atoms with Gasteiger partial charge < -0.3 is 5.32 Å². The Kier molecular flexibility index (Phi) is 3.97. The molecule has 2 saturated heterocycles. The van der Waals surface area contributed by atoms with Crippen LogP contribution in [0, 0.1) is 12.3 Å². The number of nitrogens with zero attached hydrogens (tertiary/aromatic N) is 3. The largest absolute Gasteiger partial charge is 0.355 e. The Hall–Kier alpha value is -1.46. The molecule has 23 heavy (non-hydrogen) atoms. The Morgan fingerprint density at radius 2 is 2.17 bits per heavy atom. The lowest BCUT2D eigenvalue weighted by molar-refractivity contribution is -0.120. The van der Waals surface area contributed by atoms with Crippen molar-refractivity contribution in [2.24, 2.45) is 10.2 Å². The maximum Gasteiger partial charge on any atom is 0.239 e. The molecule has 0 aromatic rings. The third-order valence-electron chi connectivity index (χ3n) is 5.14. The molecule has 2 atom stereocenters. The normalized spacial score (nSPS) is 33.1. The van der Waals surface area contributed by atoms with Crippen molar-refractivity contribution in [3.63, 3.8) is 0 Å². The lowest BCUT2D eigenvalue weighted by atomic mass is 9.94. The summed E-state index contributed by atoms with van der Waals surface area (Å²) < 4.78 is 26.6. The topological polar surface area (TPSA) is 91.2 Å². The summed E-state index contributed by atoms with van der Waals surface area (Å²) in [5.41, 5.74) is -0.851. The van der Waals surface area contributed by atoms with Crippen molar-refractivity contribution in [3.8, 4) is 12.3 Å². The van der Waals surface area contributed by atoms with Gasteiger partial charge in [-0.05, 0) is 26.2 Å². The highest BCUT2D eigenvalue weighted by atomic mass is 32.2. The molecular formula is C15H22N4O3S. The number of sulfonamides is 1. The van der Waals surface area contributed by atoms with E-state index in [9.17, 15) is 13.2 Å². The van der Waals surface area contributed by atoms with Crippen molar-refractivity contribution in [3.05, 3.63) is 0 Å². The molecule has 126 valence electrons. The summed E-state index contributed by atoms with van der Waals surface area (Å²) in [4.78, 5) is 12.3. The number of carbonyl (C=O) groups excluding carboxylic acids is 1. The van der Waals surface area contributed by atoms with Gasteiger partial charge in [0.15, 0.2) is 10.9 Å². The second-order valence-electron chi connectivity index (χ2n) is 6.84. The highest BCUT2D eigenvalue weighted by Gasteiger charge is 2.57. The van der Waals surface area contributed by atoms with Crippen LogP contribution >= 0.6 is 0 Å². The summed E-state index contributed by atoms with van der Waals surface area (Å²) >= 11 is 0. The van der Waals surface area contributed by atoms with E-state index in [-0.39, 0.29) is 0 Å². The number of hydrogen-bond donors (Lipinski definition) is 1. The second kappa shape index (κ2) is 5.56. The van der Waals surface area contributed by atoms with Crippen LogP contribution in [0.4, 0.5) is 0 Å². The van der Waals surface area contributed by atoms with E-state index in [0.717, 1.165) is 12.8 Å². The minimum Gasteiger partial charge on any atom is -0.355 e. The monoisotopic (exact) mass is 338 g/mol. The average Bonchev–Trinajstić information content (AvgIpc) is 3.09. The van der Waals surface area contributed by atoms with Gasteiger partial charge in [-0.2, -0.15) is 14.5 Å². The third kappa shape index (κ3) is 2.88. The first-order chi connectivity index (χ1) is 10.8. The smallest absolute Gasteiger partial charge is 0.239 e. The van der Waals surface area contributed by atoms with Gasteiger partial charge in [0, 0.05) is 37.9 Å². The molecule has 2 unspecified atom stereocenters. The Morgan fingerprint density at radius 3 is 2.78 bits per heavy atom. The van der Waals surface area contributed by atoms with Crippen molar-refractivity contribution < 1.29 is 13.2 Å². The molecule has 0 radical (unpaired) electrons. The molecule has 8 heteroatoms. The summed E-state index contributed by atoms with van der Waals surface area (Å²) in [6, 6.07) is 0. The fraction of sp³-hybridized carbons (Fsp3) is 0.800. The molecule has 1 amide bonds. The van der Waals surface area contributed by atoms with Gasteiger partial charge in [-0.15, -0.1) is 12.3 Å². The van der Waals surface area contributed by atoms with Gasteiger partial charge in [0.25, 0.3) is 0 Å². The minimum absolute atomic E-state index is 0.360. The minimum atomic E-state index is -3.54. The van der Waals surface area contributed by atoms with Crippen molar-refractivity contribution in [2.45, 2.75) is 61.9 Å². The lowest BCUT2D eigenvalue weighted by Gasteiger charge is -2.24. The molecule has 3 heterocycles. The zero-order chi connectivity index (χ0) is 16.7. The molecular weight excluding hydrogens is 316 g/mol.